The fourth-order valence-corrected chi connectivity index (χ4v) is 3.38. The number of hydrogen-bond donors (Lipinski definition) is 3. The standard InChI is InChI=1S/C18H25N3O2/c1-2-21-10-9-14-5-8-16(11-17(14)21)20-18(23)19-15-6-3-13(12-22)4-7-15/h5,8-11,13,15,22H,2-4,6-7,12H2,1H3,(H2,19,20,23). The number of hydrogen-bond acceptors (Lipinski definition) is 2. The fraction of sp³-hybridized carbons (Fsp3) is 0.500. The molecule has 0 aliphatic heterocycles. The Kier molecular flexibility index (Phi) is 4.86. The van der Waals surface area contributed by atoms with Crippen LogP contribution in [0.2, 0.25) is 0 Å². The van der Waals surface area contributed by atoms with Crippen molar-refractivity contribution in [1.29, 1.82) is 0 Å². The number of carbonyl (C=O) groups excluding carboxylic acids is 1. The number of fused-ring (bicyclic) bond motifs is 1. The van der Waals surface area contributed by atoms with Crippen molar-refractivity contribution in [3.63, 3.8) is 0 Å². The zero-order valence-electron chi connectivity index (χ0n) is 13.6. The lowest BCUT2D eigenvalue weighted by Gasteiger charge is -2.27. The number of urea groups is 1. The Balaban J connectivity index is 1.59. The second-order valence-electron chi connectivity index (χ2n) is 6.37. The molecule has 0 saturated heterocycles. The van der Waals surface area contributed by atoms with Crippen LogP contribution in [0.4, 0.5) is 10.5 Å². The van der Waals surface area contributed by atoms with Crippen LogP contribution in [0.5, 0.6) is 0 Å². The molecule has 3 N–H and O–H groups in total. The van der Waals surface area contributed by atoms with Gasteiger partial charge in [-0.3, -0.25) is 0 Å². The Labute approximate surface area is 136 Å². The van der Waals surface area contributed by atoms with E-state index in [1.165, 1.54) is 5.39 Å². The summed E-state index contributed by atoms with van der Waals surface area (Å²) in [5, 5.41) is 16.3. The minimum Gasteiger partial charge on any atom is -0.396 e. The van der Waals surface area contributed by atoms with Gasteiger partial charge in [-0.1, -0.05) is 6.07 Å². The van der Waals surface area contributed by atoms with Crippen LogP contribution >= 0.6 is 0 Å². The lowest BCUT2D eigenvalue weighted by molar-refractivity contribution is 0.176. The third-order valence-electron chi connectivity index (χ3n) is 4.81. The maximum absolute atomic E-state index is 12.2. The van der Waals surface area contributed by atoms with Crippen LogP contribution in [-0.4, -0.2) is 28.4 Å². The summed E-state index contributed by atoms with van der Waals surface area (Å²) < 4.78 is 2.16. The van der Waals surface area contributed by atoms with E-state index in [0.29, 0.717) is 5.92 Å². The van der Waals surface area contributed by atoms with E-state index < -0.39 is 0 Å². The maximum Gasteiger partial charge on any atom is 0.319 e. The number of benzene rings is 1. The molecule has 0 radical (unpaired) electrons. The van der Waals surface area contributed by atoms with E-state index in [0.717, 1.165) is 43.4 Å². The SMILES string of the molecule is CCn1ccc2ccc(NC(=O)NC3CCC(CO)CC3)cc21. The predicted octanol–water partition coefficient (Wildman–Crippen LogP) is 3.33. The van der Waals surface area contributed by atoms with Crippen LogP contribution in [0.15, 0.2) is 30.5 Å². The van der Waals surface area contributed by atoms with E-state index in [-0.39, 0.29) is 18.7 Å². The fourth-order valence-electron chi connectivity index (χ4n) is 3.38. The Hall–Kier alpha value is -2.01. The van der Waals surface area contributed by atoms with Gasteiger partial charge in [0.1, 0.15) is 0 Å². The molecule has 0 atom stereocenters. The Bertz CT molecular complexity index is 672. The molecule has 1 saturated carbocycles. The molecule has 1 aromatic carbocycles. The van der Waals surface area contributed by atoms with Crippen LogP contribution in [0, 0.1) is 5.92 Å². The quantitative estimate of drug-likeness (QED) is 0.810. The number of carbonyl (C=O) groups is 1. The molecule has 1 aromatic heterocycles. The highest BCUT2D eigenvalue weighted by Gasteiger charge is 2.21. The highest BCUT2D eigenvalue weighted by atomic mass is 16.3. The molecule has 5 nitrogen and oxygen atoms in total. The minimum absolute atomic E-state index is 0.147. The molecule has 0 unspecified atom stereocenters. The Morgan fingerprint density at radius 1 is 1.26 bits per heavy atom. The summed E-state index contributed by atoms with van der Waals surface area (Å²) in [7, 11) is 0. The lowest BCUT2D eigenvalue weighted by atomic mass is 9.87. The molecule has 1 aliphatic rings. The number of amides is 2. The van der Waals surface area contributed by atoms with E-state index in [2.05, 4.69) is 34.4 Å². The van der Waals surface area contributed by atoms with Crippen molar-refractivity contribution in [3.05, 3.63) is 30.5 Å². The smallest absolute Gasteiger partial charge is 0.319 e. The van der Waals surface area contributed by atoms with Crippen LogP contribution < -0.4 is 10.6 Å². The summed E-state index contributed by atoms with van der Waals surface area (Å²) >= 11 is 0. The number of aromatic nitrogens is 1. The first-order chi connectivity index (χ1) is 11.2. The number of anilines is 1. The van der Waals surface area contributed by atoms with Gasteiger partial charge in [-0.05, 0) is 62.1 Å². The molecular formula is C18H25N3O2. The van der Waals surface area contributed by atoms with Crippen molar-refractivity contribution in [2.45, 2.75) is 45.2 Å². The van der Waals surface area contributed by atoms with Gasteiger partial charge in [-0.2, -0.15) is 0 Å². The molecule has 3 rings (SSSR count). The van der Waals surface area contributed by atoms with E-state index in [1.54, 1.807) is 0 Å². The second kappa shape index (κ2) is 7.04. The summed E-state index contributed by atoms with van der Waals surface area (Å²) in [6, 6.07) is 8.13. The average Bonchev–Trinajstić information content (AvgIpc) is 2.97. The van der Waals surface area contributed by atoms with Gasteiger partial charge < -0.3 is 20.3 Å². The molecule has 0 spiro atoms. The molecular weight excluding hydrogens is 290 g/mol. The van der Waals surface area contributed by atoms with E-state index >= 15 is 0 Å². The van der Waals surface area contributed by atoms with Gasteiger partial charge in [0.05, 0.1) is 5.52 Å². The summed E-state index contributed by atoms with van der Waals surface area (Å²) in [6.07, 6.45) is 5.91. The van der Waals surface area contributed by atoms with Crippen molar-refractivity contribution in [2.75, 3.05) is 11.9 Å². The monoisotopic (exact) mass is 315 g/mol. The first-order valence-corrected chi connectivity index (χ1v) is 8.47. The molecule has 2 aromatic rings. The van der Waals surface area contributed by atoms with Gasteiger partial charge in [0.2, 0.25) is 0 Å². The third-order valence-corrected chi connectivity index (χ3v) is 4.81. The second-order valence-corrected chi connectivity index (χ2v) is 6.37. The van der Waals surface area contributed by atoms with Crippen molar-refractivity contribution < 1.29 is 9.90 Å². The van der Waals surface area contributed by atoms with Crippen molar-refractivity contribution in [2.24, 2.45) is 5.92 Å². The Morgan fingerprint density at radius 3 is 2.74 bits per heavy atom. The summed E-state index contributed by atoms with van der Waals surface area (Å²) in [5.74, 6) is 0.403. The van der Waals surface area contributed by atoms with Crippen molar-refractivity contribution in [3.8, 4) is 0 Å². The van der Waals surface area contributed by atoms with E-state index in [9.17, 15) is 4.79 Å². The van der Waals surface area contributed by atoms with Gasteiger partial charge >= 0.3 is 6.03 Å². The van der Waals surface area contributed by atoms with Crippen LogP contribution in [0.1, 0.15) is 32.6 Å². The molecule has 1 aliphatic carbocycles. The molecule has 2 amide bonds. The van der Waals surface area contributed by atoms with Crippen LogP contribution in [0.3, 0.4) is 0 Å². The average molecular weight is 315 g/mol. The van der Waals surface area contributed by atoms with Crippen molar-refractivity contribution in [1.82, 2.24) is 9.88 Å². The van der Waals surface area contributed by atoms with E-state index in [1.807, 2.05) is 18.2 Å². The van der Waals surface area contributed by atoms with E-state index in [4.69, 9.17) is 5.11 Å². The summed E-state index contributed by atoms with van der Waals surface area (Å²) in [6.45, 7) is 3.28. The highest BCUT2D eigenvalue weighted by molar-refractivity contribution is 5.93. The predicted molar refractivity (Wildman–Crippen MR) is 92.6 cm³/mol. The molecule has 1 heterocycles. The normalized spacial score (nSPS) is 21.3. The molecule has 124 valence electrons. The Morgan fingerprint density at radius 2 is 2.04 bits per heavy atom. The number of aryl methyl sites for hydroxylation is 1. The number of nitrogens with one attached hydrogen (secondary N) is 2. The van der Waals surface area contributed by atoms with Crippen molar-refractivity contribution >= 4 is 22.6 Å². The molecule has 23 heavy (non-hydrogen) atoms. The van der Waals surface area contributed by atoms with Crippen LogP contribution in [-0.2, 0) is 6.54 Å². The summed E-state index contributed by atoms with van der Waals surface area (Å²) in [5.41, 5.74) is 1.95. The van der Waals surface area contributed by atoms with Gasteiger partial charge in [-0.15, -0.1) is 0 Å². The third kappa shape index (κ3) is 3.67. The number of aliphatic hydroxyl groups is 1. The number of nitrogens with zero attached hydrogens (tertiary/aromatic N) is 1. The number of rotatable bonds is 4. The molecule has 5 heteroatoms. The lowest BCUT2D eigenvalue weighted by Crippen LogP contribution is -2.40. The number of aliphatic hydroxyl groups excluding tert-OH is 1. The summed E-state index contributed by atoms with van der Waals surface area (Å²) in [4.78, 5) is 12.2. The molecule has 0 bridgehead atoms. The van der Waals surface area contributed by atoms with Gasteiger partial charge in [0.15, 0.2) is 0 Å². The minimum atomic E-state index is -0.147. The van der Waals surface area contributed by atoms with Crippen LogP contribution in [0.25, 0.3) is 10.9 Å². The topological polar surface area (TPSA) is 66.3 Å². The maximum atomic E-state index is 12.2. The zero-order chi connectivity index (χ0) is 16.2. The van der Waals surface area contributed by atoms with Gasteiger partial charge in [0, 0.05) is 31.1 Å². The van der Waals surface area contributed by atoms with Gasteiger partial charge in [0.25, 0.3) is 0 Å². The van der Waals surface area contributed by atoms with Gasteiger partial charge in [-0.25, -0.2) is 4.79 Å². The molecule has 1 fully saturated rings. The largest absolute Gasteiger partial charge is 0.396 e. The first-order valence-electron chi connectivity index (χ1n) is 8.47. The highest BCUT2D eigenvalue weighted by Crippen LogP contribution is 2.24. The zero-order valence-corrected chi connectivity index (χ0v) is 13.6. The first kappa shape index (κ1) is 15.9.